The predicted molar refractivity (Wildman–Crippen MR) is 45.0 cm³/mol. The lowest BCUT2D eigenvalue weighted by Gasteiger charge is -2.19. The highest BCUT2D eigenvalue weighted by Gasteiger charge is 2.44. The molecule has 1 aliphatic rings. The van der Waals surface area contributed by atoms with Crippen LogP contribution in [-0.4, -0.2) is 24.1 Å². The van der Waals surface area contributed by atoms with Crippen molar-refractivity contribution in [1.29, 1.82) is 0 Å². The van der Waals surface area contributed by atoms with E-state index in [-0.39, 0.29) is 5.97 Å². The zero-order valence-electron chi connectivity index (χ0n) is 7.96. The van der Waals surface area contributed by atoms with Crippen molar-refractivity contribution in [2.75, 3.05) is 6.61 Å². The molecule has 1 unspecified atom stereocenters. The van der Waals surface area contributed by atoms with Gasteiger partial charge >= 0.3 is 11.9 Å². The molecular weight excluding hydrogens is 172 g/mol. The minimum Gasteiger partial charge on any atom is -0.463 e. The lowest BCUT2D eigenvalue weighted by atomic mass is 10.0. The second-order valence-electron chi connectivity index (χ2n) is 3.34. The van der Waals surface area contributed by atoms with Crippen molar-refractivity contribution < 1.29 is 19.1 Å². The number of esters is 2. The van der Waals surface area contributed by atoms with Crippen LogP contribution in [0.5, 0.6) is 0 Å². The van der Waals surface area contributed by atoms with Crippen LogP contribution >= 0.6 is 0 Å². The van der Waals surface area contributed by atoms with Gasteiger partial charge in [-0.05, 0) is 13.3 Å². The van der Waals surface area contributed by atoms with Gasteiger partial charge in [0.05, 0.1) is 6.61 Å². The van der Waals surface area contributed by atoms with E-state index in [1.54, 1.807) is 6.92 Å². The number of carbonyl (C=O) groups excluding carboxylic acids is 2. The molecule has 0 aliphatic carbocycles. The zero-order chi connectivity index (χ0) is 9.90. The van der Waals surface area contributed by atoms with Crippen molar-refractivity contribution in [3.63, 3.8) is 0 Å². The highest BCUT2D eigenvalue weighted by molar-refractivity contribution is 5.86. The zero-order valence-corrected chi connectivity index (χ0v) is 7.96. The van der Waals surface area contributed by atoms with E-state index in [1.165, 1.54) is 0 Å². The summed E-state index contributed by atoms with van der Waals surface area (Å²) >= 11 is 0. The first-order valence-electron chi connectivity index (χ1n) is 4.47. The van der Waals surface area contributed by atoms with Gasteiger partial charge in [0, 0.05) is 12.8 Å². The van der Waals surface area contributed by atoms with Gasteiger partial charge in [-0.25, -0.2) is 4.79 Å². The summed E-state index contributed by atoms with van der Waals surface area (Å²) in [4.78, 5) is 22.2. The Morgan fingerprint density at radius 2 is 2.38 bits per heavy atom. The second-order valence-corrected chi connectivity index (χ2v) is 3.34. The second kappa shape index (κ2) is 3.77. The average molecular weight is 186 g/mol. The molecule has 0 N–H and O–H groups in total. The molecule has 4 heteroatoms. The molecule has 1 atom stereocenters. The number of ether oxygens (including phenoxy) is 2. The fourth-order valence-electron chi connectivity index (χ4n) is 1.19. The highest BCUT2D eigenvalue weighted by Crippen LogP contribution is 2.27. The van der Waals surface area contributed by atoms with Gasteiger partial charge in [-0.2, -0.15) is 0 Å². The molecule has 0 radical (unpaired) electrons. The quantitative estimate of drug-likeness (QED) is 0.618. The van der Waals surface area contributed by atoms with Crippen LogP contribution in [0.2, 0.25) is 0 Å². The van der Waals surface area contributed by atoms with Gasteiger partial charge in [0.1, 0.15) is 0 Å². The third-order valence-corrected chi connectivity index (χ3v) is 2.01. The minimum absolute atomic E-state index is 0.303. The van der Waals surface area contributed by atoms with Crippen molar-refractivity contribution in [3.05, 3.63) is 0 Å². The number of cyclic esters (lactones) is 1. The molecule has 1 rings (SSSR count). The standard InChI is InChI=1S/C9H14O4/c1-3-6-12-8(11)9(2)5-4-7(10)13-9/h3-6H2,1-2H3. The van der Waals surface area contributed by atoms with Crippen LogP contribution in [0.3, 0.4) is 0 Å². The van der Waals surface area contributed by atoms with E-state index in [0.717, 1.165) is 6.42 Å². The van der Waals surface area contributed by atoms with Crippen molar-refractivity contribution in [3.8, 4) is 0 Å². The third kappa shape index (κ3) is 2.20. The topological polar surface area (TPSA) is 52.6 Å². The summed E-state index contributed by atoms with van der Waals surface area (Å²) in [6.07, 6.45) is 1.50. The van der Waals surface area contributed by atoms with Gasteiger partial charge in [-0.3, -0.25) is 4.79 Å². The summed E-state index contributed by atoms with van der Waals surface area (Å²) < 4.78 is 9.80. The maximum Gasteiger partial charge on any atom is 0.350 e. The largest absolute Gasteiger partial charge is 0.463 e. The molecule has 1 heterocycles. The number of rotatable bonds is 3. The maximum absolute atomic E-state index is 11.4. The van der Waals surface area contributed by atoms with Crippen LogP contribution in [0.15, 0.2) is 0 Å². The van der Waals surface area contributed by atoms with Crippen LogP contribution < -0.4 is 0 Å². The number of hydrogen-bond donors (Lipinski definition) is 0. The minimum atomic E-state index is -1.04. The molecule has 13 heavy (non-hydrogen) atoms. The summed E-state index contributed by atoms with van der Waals surface area (Å²) in [5, 5.41) is 0. The summed E-state index contributed by atoms with van der Waals surface area (Å²) in [6.45, 7) is 3.89. The first-order chi connectivity index (χ1) is 6.08. The van der Waals surface area contributed by atoms with Crippen LogP contribution in [0.1, 0.15) is 33.1 Å². The molecule has 1 saturated heterocycles. The number of carbonyl (C=O) groups is 2. The molecule has 4 nitrogen and oxygen atoms in total. The molecule has 0 aromatic heterocycles. The Bertz CT molecular complexity index is 224. The smallest absolute Gasteiger partial charge is 0.350 e. The van der Waals surface area contributed by atoms with E-state index in [1.807, 2.05) is 6.92 Å². The van der Waals surface area contributed by atoms with Gasteiger partial charge in [0.2, 0.25) is 5.60 Å². The molecule has 0 aromatic rings. The Hall–Kier alpha value is -1.06. The fraction of sp³-hybridized carbons (Fsp3) is 0.778. The van der Waals surface area contributed by atoms with Crippen LogP contribution in [0.4, 0.5) is 0 Å². The van der Waals surface area contributed by atoms with Gasteiger partial charge in [0.25, 0.3) is 0 Å². The third-order valence-electron chi connectivity index (χ3n) is 2.01. The summed E-state index contributed by atoms with van der Waals surface area (Å²) in [5.41, 5.74) is -1.04. The van der Waals surface area contributed by atoms with E-state index in [2.05, 4.69) is 0 Å². The molecule has 1 fully saturated rings. The normalized spacial score (nSPS) is 27.1. The van der Waals surface area contributed by atoms with Gasteiger partial charge in [0.15, 0.2) is 0 Å². The molecule has 0 spiro atoms. The first-order valence-corrected chi connectivity index (χ1v) is 4.47. The Morgan fingerprint density at radius 1 is 1.69 bits per heavy atom. The first kappa shape index (κ1) is 10.0. The highest BCUT2D eigenvalue weighted by atomic mass is 16.6. The number of hydrogen-bond acceptors (Lipinski definition) is 4. The van der Waals surface area contributed by atoms with E-state index in [4.69, 9.17) is 9.47 Å². The van der Waals surface area contributed by atoms with Gasteiger partial charge < -0.3 is 9.47 Å². The van der Waals surface area contributed by atoms with Crippen molar-refractivity contribution in [1.82, 2.24) is 0 Å². The lowest BCUT2D eigenvalue weighted by Crippen LogP contribution is -2.36. The molecular formula is C9H14O4. The van der Waals surface area contributed by atoms with E-state index < -0.39 is 11.6 Å². The molecule has 0 amide bonds. The van der Waals surface area contributed by atoms with Crippen molar-refractivity contribution in [2.45, 2.75) is 38.7 Å². The maximum atomic E-state index is 11.4. The average Bonchev–Trinajstić information content (AvgIpc) is 2.43. The lowest BCUT2D eigenvalue weighted by molar-refractivity contribution is -0.172. The van der Waals surface area contributed by atoms with E-state index in [0.29, 0.717) is 19.4 Å². The van der Waals surface area contributed by atoms with E-state index >= 15 is 0 Å². The van der Waals surface area contributed by atoms with Crippen LogP contribution in [0, 0.1) is 0 Å². The Labute approximate surface area is 77.2 Å². The van der Waals surface area contributed by atoms with Crippen molar-refractivity contribution >= 4 is 11.9 Å². The molecule has 0 bridgehead atoms. The molecule has 0 saturated carbocycles. The fourth-order valence-corrected chi connectivity index (χ4v) is 1.19. The Balaban J connectivity index is 2.50. The van der Waals surface area contributed by atoms with Crippen LogP contribution in [-0.2, 0) is 19.1 Å². The van der Waals surface area contributed by atoms with Crippen molar-refractivity contribution in [2.24, 2.45) is 0 Å². The SMILES string of the molecule is CCCOC(=O)C1(C)CCC(=O)O1. The molecule has 0 aromatic carbocycles. The van der Waals surface area contributed by atoms with Gasteiger partial charge in [-0.15, -0.1) is 0 Å². The summed E-state index contributed by atoms with van der Waals surface area (Å²) in [7, 11) is 0. The predicted octanol–water partition coefficient (Wildman–Crippen LogP) is 1.04. The Morgan fingerprint density at radius 3 is 2.85 bits per heavy atom. The molecule has 74 valence electrons. The monoisotopic (exact) mass is 186 g/mol. The Kier molecular flexibility index (Phi) is 2.90. The molecule has 1 aliphatic heterocycles. The van der Waals surface area contributed by atoms with E-state index in [9.17, 15) is 9.59 Å². The van der Waals surface area contributed by atoms with Gasteiger partial charge in [-0.1, -0.05) is 6.92 Å². The summed E-state index contributed by atoms with van der Waals surface area (Å²) in [6, 6.07) is 0. The van der Waals surface area contributed by atoms with Crippen LogP contribution in [0.25, 0.3) is 0 Å². The summed E-state index contributed by atoms with van der Waals surface area (Å²) in [5.74, 6) is -0.754.